The quantitative estimate of drug-likeness (QED) is 0.609. The number of rotatable bonds is 7. The number of amides is 1. The number of nitrogens with one attached hydrogen (secondary N) is 1. The largest absolute Gasteiger partial charge is 0.350 e. The molecular weight excluding hydrogens is 360 g/mol. The lowest BCUT2D eigenvalue weighted by Crippen LogP contribution is -2.45. The molecule has 3 N–H and O–H groups in total. The number of nitrogens with zero attached hydrogens (tertiary/aromatic N) is 4. The summed E-state index contributed by atoms with van der Waals surface area (Å²) in [6.45, 7) is 4.14. The van der Waals surface area contributed by atoms with Crippen LogP contribution in [0.4, 0.5) is 0 Å². The Bertz CT molecular complexity index is 904. The van der Waals surface area contributed by atoms with Crippen LogP contribution in [0.2, 0.25) is 0 Å². The van der Waals surface area contributed by atoms with Crippen molar-refractivity contribution in [3.63, 3.8) is 0 Å². The number of hydrogen-bond donors (Lipinski definition) is 2. The normalized spacial score (nSPS) is 11.4. The van der Waals surface area contributed by atoms with Crippen molar-refractivity contribution >= 4 is 17.7 Å². The van der Waals surface area contributed by atoms with Gasteiger partial charge in [-0.2, -0.15) is 4.68 Å². The zero-order valence-corrected chi connectivity index (χ0v) is 16.1. The molecular formula is C19H22N6OS. The molecule has 140 valence electrons. The van der Waals surface area contributed by atoms with Gasteiger partial charge in [0.25, 0.3) is 5.91 Å². The van der Waals surface area contributed by atoms with Crippen LogP contribution in [0.15, 0.2) is 59.5 Å². The second kappa shape index (κ2) is 8.32. The zero-order chi connectivity index (χ0) is 19.3. The van der Waals surface area contributed by atoms with Gasteiger partial charge in [0.1, 0.15) is 0 Å². The van der Waals surface area contributed by atoms with Crippen molar-refractivity contribution in [2.45, 2.75) is 30.0 Å². The maximum Gasteiger partial charge on any atom is 0.252 e. The number of tetrazole rings is 1. The van der Waals surface area contributed by atoms with Gasteiger partial charge in [-0.15, -0.1) is 16.9 Å². The van der Waals surface area contributed by atoms with Gasteiger partial charge in [0.05, 0.1) is 17.0 Å². The minimum Gasteiger partial charge on any atom is -0.350 e. The Kier molecular flexibility index (Phi) is 5.88. The van der Waals surface area contributed by atoms with E-state index >= 15 is 0 Å². The predicted octanol–water partition coefficient (Wildman–Crippen LogP) is 2.42. The minimum atomic E-state index is -0.463. The molecule has 7 nitrogen and oxygen atoms in total. The van der Waals surface area contributed by atoms with Crippen LogP contribution < -0.4 is 11.1 Å². The summed E-state index contributed by atoms with van der Waals surface area (Å²) < 4.78 is 1.70. The number of aromatic nitrogens is 4. The van der Waals surface area contributed by atoms with Crippen molar-refractivity contribution in [2.24, 2.45) is 5.73 Å². The molecule has 8 heteroatoms. The third-order valence-corrected chi connectivity index (χ3v) is 4.80. The molecule has 1 aromatic heterocycles. The first kappa shape index (κ1) is 19.1. The maximum atomic E-state index is 12.5. The SMILES string of the molecule is CC(C)(N)CNC(=O)c1ccccc1SCc1nnnn1-c1ccccc1. The highest BCUT2D eigenvalue weighted by Gasteiger charge is 2.17. The Morgan fingerprint density at radius 3 is 2.59 bits per heavy atom. The minimum absolute atomic E-state index is 0.140. The van der Waals surface area contributed by atoms with Crippen molar-refractivity contribution in [1.29, 1.82) is 0 Å². The fraction of sp³-hybridized carbons (Fsp3) is 0.263. The number of benzene rings is 2. The molecule has 0 bridgehead atoms. The average Bonchev–Trinajstić information content (AvgIpc) is 3.13. The molecule has 0 aliphatic carbocycles. The number of nitrogens with two attached hydrogens (primary N) is 1. The van der Waals surface area contributed by atoms with E-state index in [1.54, 1.807) is 10.7 Å². The molecule has 0 unspecified atom stereocenters. The summed E-state index contributed by atoms with van der Waals surface area (Å²) in [4.78, 5) is 13.4. The van der Waals surface area contributed by atoms with Gasteiger partial charge in [-0.25, -0.2) is 0 Å². The lowest BCUT2D eigenvalue weighted by Gasteiger charge is -2.19. The second-order valence-electron chi connectivity index (χ2n) is 6.80. The number of para-hydroxylation sites is 1. The van der Waals surface area contributed by atoms with E-state index in [9.17, 15) is 4.79 Å². The van der Waals surface area contributed by atoms with E-state index in [-0.39, 0.29) is 5.91 Å². The van der Waals surface area contributed by atoms with Gasteiger partial charge in [-0.05, 0) is 48.5 Å². The third kappa shape index (κ3) is 5.15. The first-order chi connectivity index (χ1) is 12.9. The molecule has 0 fully saturated rings. The summed E-state index contributed by atoms with van der Waals surface area (Å²) in [5, 5.41) is 14.8. The molecule has 0 saturated carbocycles. The molecule has 3 aromatic rings. The third-order valence-electron chi connectivity index (χ3n) is 3.73. The van der Waals surface area contributed by atoms with Gasteiger partial charge < -0.3 is 11.1 Å². The van der Waals surface area contributed by atoms with Gasteiger partial charge in [0.2, 0.25) is 0 Å². The first-order valence-corrected chi connectivity index (χ1v) is 9.54. The molecule has 0 saturated heterocycles. The summed E-state index contributed by atoms with van der Waals surface area (Å²) in [5.41, 5.74) is 7.00. The van der Waals surface area contributed by atoms with Gasteiger partial charge in [-0.1, -0.05) is 30.3 Å². The molecule has 0 atom stereocenters. The van der Waals surface area contributed by atoms with E-state index in [4.69, 9.17) is 5.73 Å². The first-order valence-electron chi connectivity index (χ1n) is 8.56. The number of hydrogen-bond acceptors (Lipinski definition) is 6. The van der Waals surface area contributed by atoms with E-state index in [0.29, 0.717) is 23.7 Å². The Balaban J connectivity index is 1.73. The van der Waals surface area contributed by atoms with E-state index in [1.165, 1.54) is 11.8 Å². The van der Waals surface area contributed by atoms with Gasteiger partial charge in [0, 0.05) is 17.0 Å². The summed E-state index contributed by atoms with van der Waals surface area (Å²) >= 11 is 1.52. The Labute approximate surface area is 162 Å². The summed E-state index contributed by atoms with van der Waals surface area (Å²) in [7, 11) is 0. The predicted molar refractivity (Wildman–Crippen MR) is 106 cm³/mol. The van der Waals surface area contributed by atoms with Crippen molar-refractivity contribution in [1.82, 2.24) is 25.5 Å². The molecule has 0 aliphatic rings. The zero-order valence-electron chi connectivity index (χ0n) is 15.3. The fourth-order valence-electron chi connectivity index (χ4n) is 2.39. The second-order valence-corrected chi connectivity index (χ2v) is 7.82. The van der Waals surface area contributed by atoms with Crippen molar-refractivity contribution < 1.29 is 4.79 Å². The molecule has 0 aliphatic heterocycles. The van der Waals surface area contributed by atoms with Crippen molar-refractivity contribution in [3.05, 3.63) is 66.0 Å². The van der Waals surface area contributed by atoms with Crippen LogP contribution in [0.25, 0.3) is 5.69 Å². The summed E-state index contributed by atoms with van der Waals surface area (Å²) in [6.07, 6.45) is 0. The molecule has 27 heavy (non-hydrogen) atoms. The van der Waals surface area contributed by atoms with Crippen LogP contribution in [-0.2, 0) is 5.75 Å². The number of carbonyl (C=O) groups is 1. The van der Waals surface area contributed by atoms with Crippen LogP contribution in [0.3, 0.4) is 0 Å². The summed E-state index contributed by atoms with van der Waals surface area (Å²) in [6, 6.07) is 17.2. The van der Waals surface area contributed by atoms with Crippen LogP contribution in [0, 0.1) is 0 Å². The molecule has 0 radical (unpaired) electrons. The standard InChI is InChI=1S/C19H22N6OS/c1-19(2,20)13-21-18(26)15-10-6-7-11-16(15)27-12-17-22-23-24-25(17)14-8-4-3-5-9-14/h3-11H,12-13,20H2,1-2H3,(H,21,26). The van der Waals surface area contributed by atoms with Crippen LogP contribution in [-0.4, -0.2) is 38.2 Å². The van der Waals surface area contributed by atoms with E-state index in [2.05, 4.69) is 20.8 Å². The molecule has 1 heterocycles. The van der Waals surface area contributed by atoms with E-state index in [1.807, 2.05) is 62.4 Å². The van der Waals surface area contributed by atoms with Gasteiger partial charge >= 0.3 is 0 Å². The highest BCUT2D eigenvalue weighted by atomic mass is 32.2. The lowest BCUT2D eigenvalue weighted by atomic mass is 10.1. The Morgan fingerprint density at radius 2 is 1.85 bits per heavy atom. The molecule has 2 aromatic carbocycles. The van der Waals surface area contributed by atoms with Crippen LogP contribution >= 0.6 is 11.8 Å². The highest BCUT2D eigenvalue weighted by molar-refractivity contribution is 7.98. The smallest absolute Gasteiger partial charge is 0.252 e. The Morgan fingerprint density at radius 1 is 1.15 bits per heavy atom. The van der Waals surface area contributed by atoms with Crippen molar-refractivity contribution in [3.8, 4) is 5.69 Å². The van der Waals surface area contributed by atoms with E-state index in [0.717, 1.165) is 10.6 Å². The lowest BCUT2D eigenvalue weighted by molar-refractivity contribution is 0.0943. The topological polar surface area (TPSA) is 98.7 Å². The number of carbonyl (C=O) groups excluding carboxylic acids is 1. The van der Waals surface area contributed by atoms with Crippen LogP contribution in [0.1, 0.15) is 30.0 Å². The molecule has 1 amide bonds. The van der Waals surface area contributed by atoms with Gasteiger partial charge in [-0.3, -0.25) is 4.79 Å². The molecule has 3 rings (SSSR count). The number of thioether (sulfide) groups is 1. The summed E-state index contributed by atoms with van der Waals surface area (Å²) in [5.74, 6) is 1.11. The maximum absolute atomic E-state index is 12.5. The Hall–Kier alpha value is -2.71. The fourth-order valence-corrected chi connectivity index (χ4v) is 3.35. The monoisotopic (exact) mass is 382 g/mol. The van der Waals surface area contributed by atoms with Crippen LogP contribution in [0.5, 0.6) is 0 Å². The average molecular weight is 382 g/mol. The van der Waals surface area contributed by atoms with E-state index < -0.39 is 5.54 Å². The van der Waals surface area contributed by atoms with Gasteiger partial charge in [0.15, 0.2) is 5.82 Å². The van der Waals surface area contributed by atoms with Crippen molar-refractivity contribution in [2.75, 3.05) is 6.54 Å². The highest BCUT2D eigenvalue weighted by Crippen LogP contribution is 2.26. The molecule has 0 spiro atoms.